The Hall–Kier alpha value is -1.36. The zero-order valence-corrected chi connectivity index (χ0v) is 11.4. The minimum atomic E-state index is -0.0548. The van der Waals surface area contributed by atoms with Crippen LogP contribution in [-0.4, -0.2) is 28.3 Å². The van der Waals surface area contributed by atoms with Crippen molar-refractivity contribution in [1.29, 1.82) is 0 Å². The van der Waals surface area contributed by atoms with E-state index in [2.05, 4.69) is 10.4 Å². The fourth-order valence-electron chi connectivity index (χ4n) is 2.32. The summed E-state index contributed by atoms with van der Waals surface area (Å²) in [6, 6.07) is 0.0933. The van der Waals surface area contributed by atoms with Crippen LogP contribution in [-0.2, 0) is 6.54 Å². The number of aryl methyl sites for hydroxylation is 2. The van der Waals surface area contributed by atoms with Crippen LogP contribution in [0.3, 0.4) is 0 Å². The molecule has 1 saturated carbocycles. The Kier molecular flexibility index (Phi) is 3.71. The van der Waals surface area contributed by atoms with Gasteiger partial charge in [-0.15, -0.1) is 0 Å². The average Bonchev–Trinajstić information content (AvgIpc) is 3.13. The normalized spacial score (nSPS) is 16.7. The second-order valence-electron chi connectivity index (χ2n) is 5.07. The predicted molar refractivity (Wildman–Crippen MR) is 70.4 cm³/mol. The molecular formula is C13H22N4O. The van der Waals surface area contributed by atoms with Crippen LogP contribution in [0.4, 0.5) is 0 Å². The van der Waals surface area contributed by atoms with E-state index in [0.29, 0.717) is 18.0 Å². The zero-order valence-electron chi connectivity index (χ0n) is 11.4. The molecule has 100 valence electrons. The minimum absolute atomic E-state index is 0.0548. The van der Waals surface area contributed by atoms with Gasteiger partial charge in [-0.3, -0.25) is 9.48 Å². The molecule has 5 heteroatoms. The van der Waals surface area contributed by atoms with E-state index in [9.17, 15) is 4.79 Å². The van der Waals surface area contributed by atoms with Crippen molar-refractivity contribution in [3.63, 3.8) is 0 Å². The number of amides is 1. The standard InChI is InChI=1S/C13H22N4O/c1-4-17-9(3)12(8(2)16-17)13(18)15-7-11(14)10-5-6-10/h10-11H,4-7,14H2,1-3H3,(H,15,18). The van der Waals surface area contributed by atoms with Gasteiger partial charge in [-0.2, -0.15) is 5.10 Å². The van der Waals surface area contributed by atoms with Crippen LogP contribution in [0.5, 0.6) is 0 Å². The monoisotopic (exact) mass is 250 g/mol. The topological polar surface area (TPSA) is 72.9 Å². The summed E-state index contributed by atoms with van der Waals surface area (Å²) < 4.78 is 1.85. The molecule has 1 aliphatic carbocycles. The van der Waals surface area contributed by atoms with Crippen LogP contribution >= 0.6 is 0 Å². The smallest absolute Gasteiger partial charge is 0.255 e. The molecule has 1 unspecified atom stereocenters. The van der Waals surface area contributed by atoms with Gasteiger partial charge in [0.05, 0.1) is 11.3 Å². The highest BCUT2D eigenvalue weighted by Crippen LogP contribution is 2.31. The molecule has 1 amide bonds. The van der Waals surface area contributed by atoms with Crippen molar-refractivity contribution >= 4 is 5.91 Å². The number of carbonyl (C=O) groups is 1. The average molecular weight is 250 g/mol. The summed E-state index contributed by atoms with van der Waals surface area (Å²) in [5.74, 6) is 0.548. The summed E-state index contributed by atoms with van der Waals surface area (Å²) >= 11 is 0. The summed E-state index contributed by atoms with van der Waals surface area (Å²) in [6.45, 7) is 7.15. The number of rotatable bonds is 5. The number of hydrogen-bond donors (Lipinski definition) is 2. The molecule has 0 saturated heterocycles. The van der Waals surface area contributed by atoms with Crippen LogP contribution in [0.1, 0.15) is 41.5 Å². The van der Waals surface area contributed by atoms with Crippen molar-refractivity contribution in [3.8, 4) is 0 Å². The predicted octanol–water partition coefficient (Wildman–Crippen LogP) is 0.987. The summed E-state index contributed by atoms with van der Waals surface area (Å²) in [5, 5.41) is 7.27. The third kappa shape index (κ3) is 2.56. The lowest BCUT2D eigenvalue weighted by Crippen LogP contribution is -2.38. The minimum Gasteiger partial charge on any atom is -0.350 e. The molecule has 0 bridgehead atoms. The van der Waals surface area contributed by atoms with Gasteiger partial charge in [0.2, 0.25) is 0 Å². The highest BCUT2D eigenvalue weighted by Gasteiger charge is 2.29. The first kappa shape index (κ1) is 13.1. The number of hydrogen-bond acceptors (Lipinski definition) is 3. The second kappa shape index (κ2) is 5.10. The second-order valence-corrected chi connectivity index (χ2v) is 5.07. The lowest BCUT2D eigenvalue weighted by atomic mass is 10.1. The van der Waals surface area contributed by atoms with Crippen molar-refractivity contribution in [3.05, 3.63) is 17.0 Å². The number of carbonyl (C=O) groups excluding carboxylic acids is 1. The van der Waals surface area contributed by atoms with E-state index < -0.39 is 0 Å². The van der Waals surface area contributed by atoms with Gasteiger partial charge in [0.1, 0.15) is 0 Å². The van der Waals surface area contributed by atoms with Crippen LogP contribution in [0.15, 0.2) is 0 Å². The van der Waals surface area contributed by atoms with Gasteiger partial charge in [-0.1, -0.05) is 0 Å². The largest absolute Gasteiger partial charge is 0.350 e. The van der Waals surface area contributed by atoms with E-state index in [4.69, 9.17) is 5.73 Å². The van der Waals surface area contributed by atoms with Crippen molar-refractivity contribution in [2.75, 3.05) is 6.54 Å². The lowest BCUT2D eigenvalue weighted by Gasteiger charge is -2.11. The molecule has 1 heterocycles. The van der Waals surface area contributed by atoms with E-state index in [1.54, 1.807) is 0 Å². The Morgan fingerprint density at radius 1 is 1.56 bits per heavy atom. The number of aromatic nitrogens is 2. The van der Waals surface area contributed by atoms with Gasteiger partial charge in [0, 0.05) is 24.8 Å². The van der Waals surface area contributed by atoms with Gasteiger partial charge in [-0.05, 0) is 39.5 Å². The summed E-state index contributed by atoms with van der Waals surface area (Å²) in [6.07, 6.45) is 2.39. The van der Waals surface area contributed by atoms with Crippen molar-refractivity contribution < 1.29 is 4.79 Å². The first-order valence-corrected chi connectivity index (χ1v) is 6.62. The van der Waals surface area contributed by atoms with E-state index in [1.165, 1.54) is 12.8 Å². The number of nitrogens with two attached hydrogens (primary N) is 1. The summed E-state index contributed by atoms with van der Waals surface area (Å²) in [4.78, 5) is 12.1. The lowest BCUT2D eigenvalue weighted by molar-refractivity contribution is 0.0949. The van der Waals surface area contributed by atoms with Crippen molar-refractivity contribution in [2.24, 2.45) is 11.7 Å². The SMILES string of the molecule is CCn1nc(C)c(C(=O)NCC(N)C2CC2)c1C. The van der Waals surface area contributed by atoms with E-state index in [1.807, 2.05) is 25.5 Å². The summed E-state index contributed by atoms with van der Waals surface area (Å²) in [7, 11) is 0. The van der Waals surface area contributed by atoms with Crippen LogP contribution < -0.4 is 11.1 Å². The molecule has 3 N–H and O–H groups in total. The highest BCUT2D eigenvalue weighted by molar-refractivity contribution is 5.96. The summed E-state index contributed by atoms with van der Waals surface area (Å²) in [5.41, 5.74) is 8.38. The Bertz CT molecular complexity index is 448. The van der Waals surface area contributed by atoms with Gasteiger partial charge in [0.25, 0.3) is 5.91 Å². The Morgan fingerprint density at radius 3 is 2.72 bits per heavy atom. The molecule has 1 atom stereocenters. The highest BCUT2D eigenvalue weighted by atomic mass is 16.1. The molecule has 1 fully saturated rings. The molecular weight excluding hydrogens is 228 g/mol. The first-order chi connectivity index (χ1) is 8.54. The molecule has 0 aliphatic heterocycles. The van der Waals surface area contributed by atoms with E-state index in [0.717, 1.165) is 17.9 Å². The Morgan fingerprint density at radius 2 is 2.22 bits per heavy atom. The fraction of sp³-hybridized carbons (Fsp3) is 0.692. The van der Waals surface area contributed by atoms with Crippen LogP contribution in [0.2, 0.25) is 0 Å². The van der Waals surface area contributed by atoms with Crippen LogP contribution in [0.25, 0.3) is 0 Å². The molecule has 1 aromatic heterocycles. The fourth-order valence-corrected chi connectivity index (χ4v) is 2.32. The van der Waals surface area contributed by atoms with Gasteiger partial charge in [-0.25, -0.2) is 0 Å². The van der Waals surface area contributed by atoms with Gasteiger partial charge in [0.15, 0.2) is 0 Å². The quantitative estimate of drug-likeness (QED) is 0.818. The zero-order chi connectivity index (χ0) is 13.3. The van der Waals surface area contributed by atoms with Crippen molar-refractivity contribution in [1.82, 2.24) is 15.1 Å². The molecule has 0 spiro atoms. The molecule has 5 nitrogen and oxygen atoms in total. The molecule has 2 rings (SSSR count). The molecule has 1 aliphatic rings. The first-order valence-electron chi connectivity index (χ1n) is 6.62. The third-order valence-electron chi connectivity index (χ3n) is 3.63. The molecule has 0 aromatic carbocycles. The van der Waals surface area contributed by atoms with Gasteiger partial charge >= 0.3 is 0 Å². The maximum atomic E-state index is 12.1. The molecule has 1 aromatic rings. The van der Waals surface area contributed by atoms with E-state index >= 15 is 0 Å². The number of nitrogens with one attached hydrogen (secondary N) is 1. The maximum Gasteiger partial charge on any atom is 0.255 e. The van der Waals surface area contributed by atoms with Crippen LogP contribution in [0, 0.1) is 19.8 Å². The number of nitrogens with zero attached hydrogens (tertiary/aromatic N) is 2. The van der Waals surface area contributed by atoms with Crippen molar-refractivity contribution in [2.45, 2.75) is 46.2 Å². The van der Waals surface area contributed by atoms with Gasteiger partial charge < -0.3 is 11.1 Å². The van der Waals surface area contributed by atoms with E-state index in [-0.39, 0.29) is 11.9 Å². The molecule has 18 heavy (non-hydrogen) atoms. The third-order valence-corrected chi connectivity index (χ3v) is 3.63. The molecule has 0 radical (unpaired) electrons. The Balaban J connectivity index is 2.01. The maximum absolute atomic E-state index is 12.1. The Labute approximate surface area is 108 Å².